The van der Waals surface area contributed by atoms with Crippen LogP contribution in [0.5, 0.6) is 11.8 Å². The van der Waals surface area contributed by atoms with Gasteiger partial charge >= 0.3 is 6.08 Å². The maximum Gasteiger partial charge on any atom is 0.417 e. The number of aromatic nitrogens is 2. The lowest BCUT2D eigenvalue weighted by Crippen LogP contribution is -2.09. The average molecular weight is 220 g/mol. The SMILES string of the molecule is Cc1noc(OCCOc2ccccc2)n1. The third-order valence-corrected chi connectivity index (χ3v) is 1.83. The van der Waals surface area contributed by atoms with E-state index >= 15 is 0 Å². The number of benzene rings is 1. The van der Waals surface area contributed by atoms with Crippen LogP contribution in [0, 0.1) is 6.92 Å². The molecule has 84 valence electrons. The Labute approximate surface area is 93.0 Å². The van der Waals surface area contributed by atoms with Gasteiger partial charge in [0.15, 0.2) is 5.82 Å². The molecule has 0 N–H and O–H groups in total. The van der Waals surface area contributed by atoms with Gasteiger partial charge in [-0.2, -0.15) is 4.98 Å². The monoisotopic (exact) mass is 220 g/mol. The van der Waals surface area contributed by atoms with Crippen LogP contribution < -0.4 is 9.47 Å². The predicted molar refractivity (Wildman–Crippen MR) is 56.5 cm³/mol. The molecule has 16 heavy (non-hydrogen) atoms. The Morgan fingerprint density at radius 1 is 1.12 bits per heavy atom. The zero-order valence-electron chi connectivity index (χ0n) is 8.92. The van der Waals surface area contributed by atoms with Crippen LogP contribution in [0.25, 0.3) is 0 Å². The van der Waals surface area contributed by atoms with Gasteiger partial charge in [-0.15, -0.1) is 0 Å². The first-order chi connectivity index (χ1) is 7.84. The molecule has 0 amide bonds. The Kier molecular flexibility index (Phi) is 3.38. The van der Waals surface area contributed by atoms with E-state index in [9.17, 15) is 0 Å². The molecule has 0 saturated carbocycles. The topological polar surface area (TPSA) is 57.4 Å². The lowest BCUT2D eigenvalue weighted by molar-refractivity contribution is 0.162. The summed E-state index contributed by atoms with van der Waals surface area (Å²) in [6, 6.07) is 9.54. The quantitative estimate of drug-likeness (QED) is 0.719. The first kappa shape index (κ1) is 10.5. The van der Waals surface area contributed by atoms with Gasteiger partial charge in [0.05, 0.1) is 0 Å². The summed E-state index contributed by atoms with van der Waals surface area (Å²) in [5.74, 6) is 1.37. The highest BCUT2D eigenvalue weighted by molar-refractivity contribution is 5.20. The zero-order chi connectivity index (χ0) is 11.2. The Balaban J connectivity index is 1.69. The molecule has 1 aromatic heterocycles. The fraction of sp³-hybridized carbons (Fsp3) is 0.273. The van der Waals surface area contributed by atoms with Crippen molar-refractivity contribution in [2.75, 3.05) is 13.2 Å². The van der Waals surface area contributed by atoms with Gasteiger partial charge in [0.25, 0.3) is 0 Å². The van der Waals surface area contributed by atoms with Crippen LogP contribution in [-0.2, 0) is 0 Å². The zero-order valence-corrected chi connectivity index (χ0v) is 8.92. The van der Waals surface area contributed by atoms with E-state index in [1.54, 1.807) is 6.92 Å². The molecule has 0 aliphatic heterocycles. The number of ether oxygens (including phenoxy) is 2. The molecule has 0 fully saturated rings. The van der Waals surface area contributed by atoms with Crippen molar-refractivity contribution in [1.29, 1.82) is 0 Å². The summed E-state index contributed by atoms with van der Waals surface area (Å²) in [5, 5.41) is 3.60. The largest absolute Gasteiger partial charge is 0.490 e. The molecular weight excluding hydrogens is 208 g/mol. The van der Waals surface area contributed by atoms with Crippen molar-refractivity contribution in [2.24, 2.45) is 0 Å². The smallest absolute Gasteiger partial charge is 0.417 e. The van der Waals surface area contributed by atoms with E-state index in [-0.39, 0.29) is 6.08 Å². The molecule has 0 unspecified atom stereocenters. The summed E-state index contributed by atoms with van der Waals surface area (Å²) >= 11 is 0. The second-order valence-corrected chi connectivity index (χ2v) is 3.12. The van der Waals surface area contributed by atoms with Crippen molar-refractivity contribution in [3.63, 3.8) is 0 Å². The van der Waals surface area contributed by atoms with Crippen LogP contribution in [0.3, 0.4) is 0 Å². The number of hydrogen-bond donors (Lipinski definition) is 0. The van der Waals surface area contributed by atoms with E-state index in [0.29, 0.717) is 19.0 Å². The molecule has 2 rings (SSSR count). The van der Waals surface area contributed by atoms with E-state index in [4.69, 9.17) is 14.0 Å². The number of rotatable bonds is 5. The van der Waals surface area contributed by atoms with E-state index in [1.165, 1.54) is 0 Å². The average Bonchev–Trinajstić information content (AvgIpc) is 2.72. The second kappa shape index (κ2) is 5.16. The highest BCUT2D eigenvalue weighted by Gasteiger charge is 2.02. The molecule has 0 radical (unpaired) electrons. The van der Waals surface area contributed by atoms with Crippen molar-refractivity contribution in [3.05, 3.63) is 36.2 Å². The van der Waals surface area contributed by atoms with Crippen LogP contribution >= 0.6 is 0 Å². The summed E-state index contributed by atoms with van der Waals surface area (Å²) in [6.07, 6.45) is 0.175. The van der Waals surface area contributed by atoms with Gasteiger partial charge in [-0.25, -0.2) is 0 Å². The van der Waals surface area contributed by atoms with E-state index < -0.39 is 0 Å². The lowest BCUT2D eigenvalue weighted by Gasteiger charge is -2.04. The summed E-state index contributed by atoms with van der Waals surface area (Å²) < 4.78 is 15.4. The third kappa shape index (κ3) is 2.98. The molecule has 5 heteroatoms. The summed E-state index contributed by atoms with van der Waals surface area (Å²) in [7, 11) is 0. The maximum absolute atomic E-state index is 5.42. The number of para-hydroxylation sites is 1. The minimum absolute atomic E-state index is 0.175. The van der Waals surface area contributed by atoms with Gasteiger partial charge in [-0.1, -0.05) is 23.4 Å². The molecule has 0 atom stereocenters. The Morgan fingerprint density at radius 2 is 1.88 bits per heavy atom. The van der Waals surface area contributed by atoms with E-state index in [0.717, 1.165) is 5.75 Å². The normalized spacial score (nSPS) is 10.1. The van der Waals surface area contributed by atoms with Crippen LogP contribution in [0.1, 0.15) is 5.82 Å². The van der Waals surface area contributed by atoms with Crippen molar-refractivity contribution in [2.45, 2.75) is 6.92 Å². The van der Waals surface area contributed by atoms with Crippen LogP contribution in [0.2, 0.25) is 0 Å². The van der Waals surface area contributed by atoms with Crippen molar-refractivity contribution >= 4 is 0 Å². The molecule has 2 aromatic rings. The molecule has 1 aromatic carbocycles. The molecule has 0 saturated heterocycles. The number of hydrogen-bond acceptors (Lipinski definition) is 5. The molecular formula is C11H12N2O3. The first-order valence-electron chi connectivity index (χ1n) is 4.95. The Hall–Kier alpha value is -2.04. The van der Waals surface area contributed by atoms with Crippen molar-refractivity contribution in [3.8, 4) is 11.8 Å². The number of aryl methyl sites for hydroxylation is 1. The molecule has 1 heterocycles. The highest BCUT2D eigenvalue weighted by atomic mass is 16.6. The van der Waals surface area contributed by atoms with Crippen LogP contribution in [0.4, 0.5) is 0 Å². The second-order valence-electron chi connectivity index (χ2n) is 3.12. The van der Waals surface area contributed by atoms with Gasteiger partial charge in [0, 0.05) is 0 Å². The Morgan fingerprint density at radius 3 is 2.56 bits per heavy atom. The minimum atomic E-state index is 0.175. The van der Waals surface area contributed by atoms with Gasteiger partial charge in [-0.3, -0.25) is 4.52 Å². The molecule has 0 bridgehead atoms. The molecule has 5 nitrogen and oxygen atoms in total. The van der Waals surface area contributed by atoms with E-state index in [2.05, 4.69) is 10.1 Å². The molecule has 0 aliphatic carbocycles. The van der Waals surface area contributed by atoms with Gasteiger partial charge < -0.3 is 9.47 Å². The Bertz CT molecular complexity index is 428. The van der Waals surface area contributed by atoms with Crippen molar-refractivity contribution in [1.82, 2.24) is 10.1 Å². The maximum atomic E-state index is 5.42. The van der Waals surface area contributed by atoms with Crippen LogP contribution in [0.15, 0.2) is 34.9 Å². The summed E-state index contributed by atoms with van der Waals surface area (Å²) in [6.45, 7) is 2.54. The van der Waals surface area contributed by atoms with Gasteiger partial charge in [0.1, 0.15) is 19.0 Å². The first-order valence-corrected chi connectivity index (χ1v) is 4.95. The number of nitrogens with zero attached hydrogens (tertiary/aromatic N) is 2. The molecule has 0 spiro atoms. The minimum Gasteiger partial charge on any atom is -0.490 e. The summed E-state index contributed by atoms with van der Waals surface area (Å²) in [5.41, 5.74) is 0. The molecule has 0 aliphatic rings. The fourth-order valence-electron chi connectivity index (χ4n) is 1.14. The van der Waals surface area contributed by atoms with Crippen molar-refractivity contribution < 1.29 is 14.0 Å². The lowest BCUT2D eigenvalue weighted by atomic mass is 10.3. The predicted octanol–water partition coefficient (Wildman–Crippen LogP) is 1.84. The fourth-order valence-corrected chi connectivity index (χ4v) is 1.14. The summed E-state index contributed by atoms with van der Waals surface area (Å²) in [4.78, 5) is 3.90. The van der Waals surface area contributed by atoms with Crippen LogP contribution in [-0.4, -0.2) is 23.4 Å². The van der Waals surface area contributed by atoms with Gasteiger partial charge in [0.2, 0.25) is 0 Å². The highest BCUT2D eigenvalue weighted by Crippen LogP contribution is 2.08. The van der Waals surface area contributed by atoms with E-state index in [1.807, 2.05) is 30.3 Å². The van der Waals surface area contributed by atoms with Gasteiger partial charge in [-0.05, 0) is 19.1 Å². The third-order valence-electron chi connectivity index (χ3n) is 1.83. The standard InChI is InChI=1S/C11H12N2O3/c1-9-12-11(16-13-9)15-8-7-14-10-5-3-2-4-6-10/h2-6H,7-8H2,1H3.